The van der Waals surface area contributed by atoms with E-state index in [1.54, 1.807) is 12.3 Å². The predicted molar refractivity (Wildman–Crippen MR) is 70.8 cm³/mol. The highest BCUT2D eigenvalue weighted by Gasteiger charge is 2.31. The van der Waals surface area contributed by atoms with E-state index in [1.807, 2.05) is 6.07 Å². The molecule has 0 bridgehead atoms. The highest BCUT2D eigenvalue weighted by molar-refractivity contribution is 9.10. The van der Waals surface area contributed by atoms with Crippen LogP contribution in [0.1, 0.15) is 37.2 Å². The molecule has 3 unspecified atom stereocenters. The molecule has 0 aromatic carbocycles. The molecule has 1 amide bonds. The summed E-state index contributed by atoms with van der Waals surface area (Å²) in [7, 11) is 0. The topological polar surface area (TPSA) is 42.0 Å². The van der Waals surface area contributed by atoms with E-state index in [4.69, 9.17) is 0 Å². The van der Waals surface area contributed by atoms with Crippen molar-refractivity contribution in [3.8, 4) is 0 Å². The molecule has 3 atom stereocenters. The highest BCUT2D eigenvalue weighted by Crippen LogP contribution is 2.31. The Morgan fingerprint density at radius 2 is 2.24 bits per heavy atom. The van der Waals surface area contributed by atoms with Gasteiger partial charge >= 0.3 is 0 Å². The van der Waals surface area contributed by atoms with E-state index in [0.29, 0.717) is 17.5 Å². The van der Waals surface area contributed by atoms with Gasteiger partial charge < -0.3 is 5.32 Å². The highest BCUT2D eigenvalue weighted by atomic mass is 79.9. The van der Waals surface area contributed by atoms with E-state index in [1.165, 1.54) is 6.42 Å². The molecule has 0 saturated heterocycles. The fourth-order valence-corrected chi connectivity index (χ4v) is 2.79. The van der Waals surface area contributed by atoms with Crippen molar-refractivity contribution >= 4 is 21.8 Å². The van der Waals surface area contributed by atoms with Gasteiger partial charge in [0.2, 0.25) is 0 Å². The number of pyridine rings is 1. The number of nitrogens with one attached hydrogen (secondary N) is 1. The molecule has 1 fully saturated rings. The summed E-state index contributed by atoms with van der Waals surface area (Å²) >= 11 is 3.35. The molecule has 1 aromatic heterocycles. The summed E-state index contributed by atoms with van der Waals surface area (Å²) in [5, 5.41) is 3.08. The van der Waals surface area contributed by atoms with Crippen LogP contribution in [0.4, 0.5) is 0 Å². The van der Waals surface area contributed by atoms with Crippen molar-refractivity contribution in [1.82, 2.24) is 10.3 Å². The van der Waals surface area contributed by atoms with Crippen molar-refractivity contribution < 1.29 is 4.79 Å². The van der Waals surface area contributed by atoms with Gasteiger partial charge in [0.05, 0.1) is 0 Å². The minimum atomic E-state index is -0.0802. The summed E-state index contributed by atoms with van der Waals surface area (Å²) in [6, 6.07) is 3.93. The molecule has 2 rings (SSSR count). The van der Waals surface area contributed by atoms with Crippen LogP contribution in [0.15, 0.2) is 22.8 Å². The lowest BCUT2D eigenvalue weighted by Crippen LogP contribution is -2.37. The Labute approximate surface area is 110 Å². The minimum Gasteiger partial charge on any atom is -0.348 e. The molecular weight excluding hydrogens is 280 g/mol. The first-order valence-electron chi connectivity index (χ1n) is 6.01. The fourth-order valence-electron chi connectivity index (χ4n) is 2.36. The molecule has 1 saturated carbocycles. The number of halogens is 1. The summed E-state index contributed by atoms with van der Waals surface area (Å²) < 4.78 is 0.746. The molecule has 0 aliphatic heterocycles. The number of hydrogen-bond acceptors (Lipinski definition) is 2. The minimum absolute atomic E-state index is 0.0802. The fraction of sp³-hybridized carbons (Fsp3) is 0.538. The van der Waals surface area contributed by atoms with Gasteiger partial charge in [-0.2, -0.15) is 0 Å². The molecule has 1 aromatic rings. The third kappa shape index (κ3) is 2.68. The first-order valence-corrected chi connectivity index (χ1v) is 6.80. The number of amides is 1. The summed E-state index contributed by atoms with van der Waals surface area (Å²) in [6.07, 6.45) is 3.90. The van der Waals surface area contributed by atoms with Crippen LogP contribution in [-0.2, 0) is 0 Å². The van der Waals surface area contributed by atoms with Crippen LogP contribution in [0.3, 0.4) is 0 Å². The second-order valence-corrected chi connectivity index (χ2v) is 5.68. The quantitative estimate of drug-likeness (QED) is 0.911. The van der Waals surface area contributed by atoms with Gasteiger partial charge in [-0.05, 0) is 52.7 Å². The average molecular weight is 297 g/mol. The number of hydrogen-bond donors (Lipinski definition) is 1. The molecule has 1 aliphatic carbocycles. The normalized spacial score (nSPS) is 28.1. The molecule has 3 nitrogen and oxygen atoms in total. The number of rotatable bonds is 2. The monoisotopic (exact) mass is 296 g/mol. The van der Waals surface area contributed by atoms with Crippen molar-refractivity contribution in [2.45, 2.75) is 32.7 Å². The SMILES string of the molecule is CC1CCC(NC(=O)c2ncccc2Br)C1C. The van der Waals surface area contributed by atoms with E-state index in [9.17, 15) is 4.79 Å². The molecule has 4 heteroatoms. The Balaban J connectivity index is 2.05. The van der Waals surface area contributed by atoms with Gasteiger partial charge in [-0.15, -0.1) is 0 Å². The van der Waals surface area contributed by atoms with Crippen LogP contribution >= 0.6 is 15.9 Å². The first-order chi connectivity index (χ1) is 8.09. The lowest BCUT2D eigenvalue weighted by atomic mass is 9.98. The van der Waals surface area contributed by atoms with Crippen molar-refractivity contribution in [2.24, 2.45) is 11.8 Å². The van der Waals surface area contributed by atoms with Crippen LogP contribution in [0.5, 0.6) is 0 Å². The van der Waals surface area contributed by atoms with E-state index in [0.717, 1.165) is 10.9 Å². The molecule has 0 spiro atoms. The lowest BCUT2D eigenvalue weighted by Gasteiger charge is -2.19. The van der Waals surface area contributed by atoms with Gasteiger partial charge in [0.1, 0.15) is 5.69 Å². The van der Waals surface area contributed by atoms with Gasteiger partial charge in [-0.3, -0.25) is 4.79 Å². The number of nitrogens with zero attached hydrogens (tertiary/aromatic N) is 1. The number of carbonyl (C=O) groups excluding carboxylic acids is 1. The third-order valence-corrected chi connectivity index (χ3v) is 4.40. The Morgan fingerprint density at radius 1 is 1.47 bits per heavy atom. The summed E-state index contributed by atoms with van der Waals surface area (Å²) in [5.41, 5.74) is 0.472. The summed E-state index contributed by atoms with van der Waals surface area (Å²) in [6.45, 7) is 4.45. The van der Waals surface area contributed by atoms with Crippen LogP contribution in [0, 0.1) is 11.8 Å². The molecule has 1 heterocycles. The second kappa shape index (κ2) is 5.17. The maximum absolute atomic E-state index is 12.1. The largest absolute Gasteiger partial charge is 0.348 e. The molecular formula is C13H17BrN2O. The Kier molecular flexibility index (Phi) is 3.82. The predicted octanol–water partition coefficient (Wildman–Crippen LogP) is 3.01. The van der Waals surface area contributed by atoms with Gasteiger partial charge in [-0.25, -0.2) is 4.98 Å². The van der Waals surface area contributed by atoms with E-state index in [2.05, 4.69) is 40.1 Å². The van der Waals surface area contributed by atoms with Crippen LogP contribution in [-0.4, -0.2) is 16.9 Å². The zero-order valence-electron chi connectivity index (χ0n) is 10.1. The third-order valence-electron chi connectivity index (χ3n) is 3.76. The Morgan fingerprint density at radius 3 is 2.82 bits per heavy atom. The van der Waals surface area contributed by atoms with E-state index in [-0.39, 0.29) is 11.9 Å². The zero-order chi connectivity index (χ0) is 12.4. The summed E-state index contributed by atoms with van der Waals surface area (Å²) in [5.74, 6) is 1.15. The smallest absolute Gasteiger partial charge is 0.271 e. The van der Waals surface area contributed by atoms with Gasteiger partial charge in [0, 0.05) is 16.7 Å². The van der Waals surface area contributed by atoms with Crippen molar-refractivity contribution in [1.29, 1.82) is 0 Å². The lowest BCUT2D eigenvalue weighted by molar-refractivity contribution is 0.0921. The van der Waals surface area contributed by atoms with Crippen LogP contribution in [0.25, 0.3) is 0 Å². The number of carbonyl (C=O) groups is 1. The van der Waals surface area contributed by atoms with Crippen molar-refractivity contribution in [3.05, 3.63) is 28.5 Å². The second-order valence-electron chi connectivity index (χ2n) is 4.83. The average Bonchev–Trinajstić information content (AvgIpc) is 2.61. The molecule has 1 aliphatic rings. The molecule has 92 valence electrons. The van der Waals surface area contributed by atoms with Crippen LogP contribution in [0.2, 0.25) is 0 Å². The van der Waals surface area contributed by atoms with Gasteiger partial charge in [-0.1, -0.05) is 13.8 Å². The van der Waals surface area contributed by atoms with Gasteiger partial charge in [0.25, 0.3) is 5.91 Å². The van der Waals surface area contributed by atoms with Crippen molar-refractivity contribution in [2.75, 3.05) is 0 Å². The molecule has 0 radical (unpaired) electrons. The number of aromatic nitrogens is 1. The first kappa shape index (κ1) is 12.6. The standard InChI is InChI=1S/C13H17BrN2O/c1-8-5-6-11(9(8)2)16-13(17)12-10(14)4-3-7-15-12/h3-4,7-9,11H,5-6H2,1-2H3,(H,16,17). The Bertz CT molecular complexity index is 422. The van der Waals surface area contributed by atoms with E-state index >= 15 is 0 Å². The molecule has 1 N–H and O–H groups in total. The van der Waals surface area contributed by atoms with E-state index < -0.39 is 0 Å². The van der Waals surface area contributed by atoms with Crippen LogP contribution < -0.4 is 5.32 Å². The van der Waals surface area contributed by atoms with Crippen molar-refractivity contribution in [3.63, 3.8) is 0 Å². The summed E-state index contributed by atoms with van der Waals surface area (Å²) in [4.78, 5) is 16.2. The Hall–Kier alpha value is -0.900. The maximum Gasteiger partial charge on any atom is 0.271 e. The molecule has 17 heavy (non-hydrogen) atoms. The van der Waals surface area contributed by atoms with Gasteiger partial charge in [0.15, 0.2) is 0 Å². The zero-order valence-corrected chi connectivity index (χ0v) is 11.7. The maximum atomic E-state index is 12.1.